The topological polar surface area (TPSA) is 61.4 Å². The van der Waals surface area contributed by atoms with Gasteiger partial charge in [-0.3, -0.25) is 9.59 Å². The highest BCUT2D eigenvalue weighted by molar-refractivity contribution is 7.17. The van der Waals surface area contributed by atoms with Crippen molar-refractivity contribution in [2.45, 2.75) is 12.6 Å². The lowest BCUT2D eigenvalue weighted by molar-refractivity contribution is -0.139. The Labute approximate surface area is 160 Å². The fourth-order valence-electron chi connectivity index (χ4n) is 2.76. The van der Waals surface area contributed by atoms with Crippen LogP contribution in [0.1, 0.15) is 16.5 Å². The molecule has 0 saturated heterocycles. The van der Waals surface area contributed by atoms with E-state index in [0.29, 0.717) is 13.1 Å². The Kier molecular flexibility index (Phi) is 6.03. The van der Waals surface area contributed by atoms with Gasteiger partial charge in [0.25, 0.3) is 0 Å². The molecule has 0 radical (unpaired) electrons. The molecule has 7 heteroatoms. The van der Waals surface area contributed by atoms with Crippen LogP contribution < -0.4 is 10.6 Å². The lowest BCUT2D eigenvalue weighted by Gasteiger charge is -2.24. The summed E-state index contributed by atoms with van der Waals surface area (Å²) in [6.45, 7) is 0.745. The van der Waals surface area contributed by atoms with Crippen molar-refractivity contribution < 1.29 is 9.59 Å². The second-order valence-corrected chi connectivity index (χ2v) is 8.08. The number of nitrogens with one attached hydrogen (secondary N) is 2. The first kappa shape index (κ1) is 18.6. The highest BCUT2D eigenvalue weighted by Crippen LogP contribution is 2.31. The normalized spacial score (nSPS) is 12.3. The molecule has 26 heavy (non-hydrogen) atoms. The fourth-order valence-corrected chi connectivity index (χ4v) is 4.41. The molecule has 2 amide bonds. The Morgan fingerprint density at radius 3 is 2.54 bits per heavy atom. The molecule has 0 fully saturated rings. The standard InChI is InChI=1S/C19H21N3O2S2/c1-22(2)16(15-12-26-17-8-4-3-7-14(15)17)11-21-19(24)18(23)20-10-13-6-5-9-25-13/h3-9,12,16H,10-11H2,1-2H3,(H,20,23)(H,21,24)/t16-/m1/s1. The number of thiophene rings is 2. The number of hydrogen-bond donors (Lipinski definition) is 2. The van der Waals surface area contributed by atoms with Crippen LogP contribution in [-0.2, 0) is 16.1 Å². The van der Waals surface area contributed by atoms with E-state index in [1.54, 1.807) is 22.7 Å². The van der Waals surface area contributed by atoms with Gasteiger partial charge in [0.05, 0.1) is 12.6 Å². The number of carbonyl (C=O) groups is 2. The molecular formula is C19H21N3O2S2. The Bertz CT molecular complexity index is 887. The van der Waals surface area contributed by atoms with Gasteiger partial charge in [-0.25, -0.2) is 0 Å². The summed E-state index contributed by atoms with van der Waals surface area (Å²) >= 11 is 3.24. The maximum absolute atomic E-state index is 12.1. The van der Waals surface area contributed by atoms with E-state index in [2.05, 4.69) is 33.0 Å². The van der Waals surface area contributed by atoms with Gasteiger partial charge in [0.2, 0.25) is 0 Å². The molecule has 2 aromatic heterocycles. The molecule has 0 unspecified atom stereocenters. The number of benzene rings is 1. The summed E-state index contributed by atoms with van der Waals surface area (Å²) in [4.78, 5) is 27.2. The van der Waals surface area contributed by atoms with Gasteiger partial charge in [-0.15, -0.1) is 22.7 Å². The van der Waals surface area contributed by atoms with Crippen LogP contribution in [0.25, 0.3) is 10.1 Å². The lowest BCUT2D eigenvalue weighted by Crippen LogP contribution is -2.42. The van der Waals surface area contributed by atoms with Gasteiger partial charge < -0.3 is 15.5 Å². The van der Waals surface area contributed by atoms with Crippen LogP contribution in [-0.4, -0.2) is 37.4 Å². The van der Waals surface area contributed by atoms with Gasteiger partial charge in [0.15, 0.2) is 0 Å². The molecule has 3 rings (SSSR count). The van der Waals surface area contributed by atoms with Crippen LogP contribution in [0.5, 0.6) is 0 Å². The quantitative estimate of drug-likeness (QED) is 0.639. The van der Waals surface area contributed by atoms with Crippen molar-refractivity contribution in [1.29, 1.82) is 0 Å². The molecule has 0 spiro atoms. The summed E-state index contributed by atoms with van der Waals surface area (Å²) in [6.07, 6.45) is 0. The zero-order chi connectivity index (χ0) is 18.5. The molecule has 3 aromatic rings. The summed E-state index contributed by atoms with van der Waals surface area (Å²) in [6, 6.07) is 12.1. The monoisotopic (exact) mass is 387 g/mol. The van der Waals surface area contributed by atoms with E-state index >= 15 is 0 Å². The number of amides is 2. The molecule has 5 nitrogen and oxygen atoms in total. The largest absolute Gasteiger partial charge is 0.346 e. The molecule has 0 aliphatic rings. The first-order chi connectivity index (χ1) is 12.6. The maximum Gasteiger partial charge on any atom is 0.309 e. The average molecular weight is 388 g/mol. The van der Waals surface area contributed by atoms with Crippen LogP contribution in [0, 0.1) is 0 Å². The van der Waals surface area contributed by atoms with E-state index in [-0.39, 0.29) is 6.04 Å². The zero-order valence-electron chi connectivity index (χ0n) is 14.7. The van der Waals surface area contributed by atoms with Crippen LogP contribution in [0.3, 0.4) is 0 Å². The first-order valence-electron chi connectivity index (χ1n) is 8.27. The van der Waals surface area contributed by atoms with Gasteiger partial charge in [-0.05, 0) is 47.9 Å². The molecule has 1 aromatic carbocycles. The molecule has 1 atom stereocenters. The third-order valence-electron chi connectivity index (χ3n) is 4.16. The molecule has 0 bridgehead atoms. The van der Waals surface area contributed by atoms with Crippen molar-refractivity contribution in [3.8, 4) is 0 Å². The Hall–Kier alpha value is -2.22. The van der Waals surface area contributed by atoms with Crippen LogP contribution in [0.2, 0.25) is 0 Å². The van der Waals surface area contributed by atoms with Crippen LogP contribution in [0.15, 0.2) is 47.2 Å². The molecule has 0 aliphatic carbocycles. The Balaban J connectivity index is 1.61. The number of likely N-dealkylation sites (N-methyl/N-ethyl adjacent to an activating group) is 1. The molecule has 136 valence electrons. The summed E-state index contributed by atoms with van der Waals surface area (Å²) in [5, 5.41) is 10.7. The first-order valence-corrected chi connectivity index (χ1v) is 10.0. The van der Waals surface area contributed by atoms with Crippen LogP contribution >= 0.6 is 22.7 Å². The molecule has 0 saturated carbocycles. The second kappa shape index (κ2) is 8.44. The predicted molar refractivity (Wildman–Crippen MR) is 107 cm³/mol. The van der Waals surface area contributed by atoms with Crippen LogP contribution in [0.4, 0.5) is 0 Å². The molecule has 0 aliphatic heterocycles. The van der Waals surface area contributed by atoms with E-state index in [9.17, 15) is 9.59 Å². The highest BCUT2D eigenvalue weighted by Gasteiger charge is 2.21. The van der Waals surface area contributed by atoms with Crippen molar-refractivity contribution in [3.63, 3.8) is 0 Å². The minimum Gasteiger partial charge on any atom is -0.346 e. The van der Waals surface area contributed by atoms with Crippen molar-refractivity contribution in [3.05, 3.63) is 57.6 Å². The fraction of sp³-hybridized carbons (Fsp3) is 0.263. The van der Waals surface area contributed by atoms with E-state index in [1.165, 1.54) is 10.1 Å². The number of fused-ring (bicyclic) bond motifs is 1. The van der Waals surface area contributed by atoms with Gasteiger partial charge in [0, 0.05) is 16.1 Å². The van der Waals surface area contributed by atoms with Gasteiger partial charge in [0.1, 0.15) is 0 Å². The number of rotatable bonds is 6. The highest BCUT2D eigenvalue weighted by atomic mass is 32.1. The number of hydrogen-bond acceptors (Lipinski definition) is 5. The second-order valence-electron chi connectivity index (χ2n) is 6.14. The molecule has 2 N–H and O–H groups in total. The minimum atomic E-state index is -0.605. The van der Waals surface area contributed by atoms with E-state index in [0.717, 1.165) is 10.4 Å². The smallest absolute Gasteiger partial charge is 0.309 e. The SMILES string of the molecule is CN(C)[C@H](CNC(=O)C(=O)NCc1cccs1)c1csc2ccccc12. The number of carbonyl (C=O) groups excluding carboxylic acids is 2. The average Bonchev–Trinajstić information content (AvgIpc) is 3.29. The summed E-state index contributed by atoms with van der Waals surface area (Å²) in [5.41, 5.74) is 1.16. The van der Waals surface area contributed by atoms with Crippen molar-refractivity contribution in [2.24, 2.45) is 0 Å². The number of nitrogens with zero attached hydrogens (tertiary/aromatic N) is 1. The zero-order valence-corrected chi connectivity index (χ0v) is 16.3. The van der Waals surface area contributed by atoms with E-state index < -0.39 is 11.8 Å². The minimum absolute atomic E-state index is 0.000181. The third-order valence-corrected chi connectivity index (χ3v) is 6.02. The third kappa shape index (κ3) is 4.30. The maximum atomic E-state index is 12.1. The molecule has 2 heterocycles. The summed E-state index contributed by atoms with van der Waals surface area (Å²) in [7, 11) is 3.94. The van der Waals surface area contributed by atoms with E-state index in [1.807, 2.05) is 43.7 Å². The summed E-state index contributed by atoms with van der Waals surface area (Å²) < 4.78 is 1.22. The van der Waals surface area contributed by atoms with E-state index in [4.69, 9.17) is 0 Å². The van der Waals surface area contributed by atoms with Gasteiger partial charge in [-0.2, -0.15) is 0 Å². The van der Waals surface area contributed by atoms with Gasteiger partial charge in [-0.1, -0.05) is 24.3 Å². The van der Waals surface area contributed by atoms with Crippen molar-refractivity contribution in [2.75, 3.05) is 20.6 Å². The predicted octanol–water partition coefficient (Wildman–Crippen LogP) is 3.00. The molecular weight excluding hydrogens is 366 g/mol. The Morgan fingerprint density at radius 1 is 1.04 bits per heavy atom. The summed E-state index contributed by atoms with van der Waals surface area (Å²) in [5.74, 6) is -1.21. The van der Waals surface area contributed by atoms with Crippen molar-refractivity contribution >= 4 is 44.6 Å². The van der Waals surface area contributed by atoms with Crippen molar-refractivity contribution in [1.82, 2.24) is 15.5 Å². The van der Waals surface area contributed by atoms with Gasteiger partial charge >= 0.3 is 11.8 Å². The lowest BCUT2D eigenvalue weighted by atomic mass is 10.0. The Morgan fingerprint density at radius 2 is 1.81 bits per heavy atom.